The van der Waals surface area contributed by atoms with Crippen LogP contribution in [0.1, 0.15) is 16.8 Å². The van der Waals surface area contributed by atoms with Crippen molar-refractivity contribution in [1.29, 1.82) is 0 Å². The fourth-order valence-corrected chi connectivity index (χ4v) is 3.33. The minimum Gasteiger partial charge on any atom is -0.478 e. The molecule has 0 radical (unpaired) electrons. The monoisotopic (exact) mass is 341 g/mol. The Morgan fingerprint density at radius 1 is 1.50 bits per heavy atom. The summed E-state index contributed by atoms with van der Waals surface area (Å²) in [5, 5.41) is 8.65. The first kappa shape index (κ1) is 17.2. The SMILES string of the molecule is CSCCCNS(=O)(=O)c1cc(Cl)cc(C(=O)O)c1F. The van der Waals surface area contributed by atoms with Crippen LogP contribution in [-0.2, 0) is 10.0 Å². The van der Waals surface area contributed by atoms with Gasteiger partial charge in [0.05, 0.1) is 5.56 Å². The van der Waals surface area contributed by atoms with Gasteiger partial charge in [0.25, 0.3) is 0 Å². The standard InChI is InChI=1S/C11H13ClFNO4S2/c1-19-4-2-3-14-20(17,18)9-6-7(12)5-8(10(9)13)11(15)16/h5-6,14H,2-4H2,1H3,(H,15,16). The van der Waals surface area contributed by atoms with Crippen LogP contribution in [0, 0.1) is 5.82 Å². The largest absolute Gasteiger partial charge is 0.478 e. The highest BCUT2D eigenvalue weighted by atomic mass is 35.5. The number of aromatic carboxylic acids is 1. The molecule has 1 aromatic rings. The number of carboxylic acid groups (broad SMARTS) is 1. The molecular weight excluding hydrogens is 329 g/mol. The smallest absolute Gasteiger partial charge is 0.338 e. The summed E-state index contributed by atoms with van der Waals surface area (Å²) < 4.78 is 40.0. The average Bonchev–Trinajstić information content (AvgIpc) is 2.36. The molecule has 0 amide bonds. The molecule has 5 nitrogen and oxygen atoms in total. The zero-order valence-corrected chi connectivity index (χ0v) is 12.9. The second-order valence-corrected chi connectivity index (χ2v) is 6.97. The van der Waals surface area contributed by atoms with Gasteiger partial charge < -0.3 is 5.11 Å². The van der Waals surface area contributed by atoms with E-state index >= 15 is 0 Å². The van der Waals surface area contributed by atoms with Gasteiger partial charge in [-0.25, -0.2) is 22.3 Å². The van der Waals surface area contributed by atoms with Crippen LogP contribution < -0.4 is 4.72 Å². The number of carboxylic acids is 1. The van der Waals surface area contributed by atoms with Gasteiger partial charge in [-0.3, -0.25) is 0 Å². The number of nitrogens with one attached hydrogen (secondary N) is 1. The average molecular weight is 342 g/mol. The first-order valence-electron chi connectivity index (χ1n) is 5.50. The molecule has 0 saturated heterocycles. The summed E-state index contributed by atoms with van der Waals surface area (Å²) in [6.45, 7) is 0.136. The van der Waals surface area contributed by atoms with Gasteiger partial charge in [0.2, 0.25) is 10.0 Å². The maximum atomic E-state index is 13.9. The molecule has 1 aromatic carbocycles. The maximum Gasteiger partial charge on any atom is 0.338 e. The molecule has 9 heteroatoms. The summed E-state index contributed by atoms with van der Waals surface area (Å²) in [4.78, 5) is 10.1. The van der Waals surface area contributed by atoms with Crippen molar-refractivity contribution in [3.63, 3.8) is 0 Å². The van der Waals surface area contributed by atoms with E-state index in [4.69, 9.17) is 16.7 Å². The third-order valence-electron chi connectivity index (χ3n) is 2.34. The van der Waals surface area contributed by atoms with Gasteiger partial charge in [0.1, 0.15) is 4.90 Å². The molecule has 0 atom stereocenters. The topological polar surface area (TPSA) is 83.5 Å². The highest BCUT2D eigenvalue weighted by Gasteiger charge is 2.24. The van der Waals surface area contributed by atoms with Crippen LogP contribution in [0.4, 0.5) is 4.39 Å². The summed E-state index contributed by atoms with van der Waals surface area (Å²) in [6, 6.07) is 1.76. The van der Waals surface area contributed by atoms with E-state index in [0.717, 1.165) is 17.9 Å². The normalized spacial score (nSPS) is 11.6. The number of sulfonamides is 1. The molecule has 0 bridgehead atoms. The number of hydrogen-bond acceptors (Lipinski definition) is 4. The number of benzene rings is 1. The van der Waals surface area contributed by atoms with E-state index in [0.29, 0.717) is 6.42 Å². The summed E-state index contributed by atoms with van der Waals surface area (Å²) in [7, 11) is -4.13. The Kier molecular flexibility index (Phi) is 6.25. The van der Waals surface area contributed by atoms with E-state index < -0.39 is 32.3 Å². The lowest BCUT2D eigenvalue weighted by molar-refractivity contribution is 0.0691. The van der Waals surface area contributed by atoms with Crippen molar-refractivity contribution in [3.8, 4) is 0 Å². The quantitative estimate of drug-likeness (QED) is 0.743. The van der Waals surface area contributed by atoms with Crippen molar-refractivity contribution in [2.24, 2.45) is 0 Å². The Bertz CT molecular complexity index is 607. The lowest BCUT2D eigenvalue weighted by Crippen LogP contribution is -2.26. The second-order valence-electron chi connectivity index (χ2n) is 3.81. The number of hydrogen-bond donors (Lipinski definition) is 2. The van der Waals surface area contributed by atoms with E-state index in [1.165, 1.54) is 0 Å². The molecule has 0 unspecified atom stereocenters. The van der Waals surface area contributed by atoms with Crippen LogP contribution in [0.5, 0.6) is 0 Å². The van der Waals surface area contributed by atoms with Gasteiger partial charge in [0, 0.05) is 11.6 Å². The summed E-state index contributed by atoms with van der Waals surface area (Å²) in [6.07, 6.45) is 2.46. The number of halogens is 2. The molecule has 0 saturated carbocycles. The summed E-state index contributed by atoms with van der Waals surface area (Å²) >= 11 is 7.18. The van der Waals surface area contributed by atoms with Gasteiger partial charge in [-0.2, -0.15) is 11.8 Å². The van der Waals surface area contributed by atoms with E-state index in [1.54, 1.807) is 11.8 Å². The fourth-order valence-electron chi connectivity index (χ4n) is 1.42. The van der Waals surface area contributed by atoms with E-state index in [1.807, 2.05) is 6.26 Å². The third kappa shape index (κ3) is 4.34. The third-order valence-corrected chi connectivity index (χ3v) is 4.72. The van der Waals surface area contributed by atoms with Crippen molar-refractivity contribution in [2.75, 3.05) is 18.6 Å². The molecule has 0 aliphatic carbocycles. The zero-order valence-electron chi connectivity index (χ0n) is 10.5. The van der Waals surface area contributed by atoms with Crippen LogP contribution in [0.15, 0.2) is 17.0 Å². The molecule has 0 fully saturated rings. The van der Waals surface area contributed by atoms with Crippen molar-refractivity contribution in [2.45, 2.75) is 11.3 Å². The van der Waals surface area contributed by atoms with Crippen molar-refractivity contribution in [1.82, 2.24) is 4.72 Å². The summed E-state index contributed by atoms with van der Waals surface area (Å²) in [5.41, 5.74) is -0.776. The van der Waals surface area contributed by atoms with E-state index in [9.17, 15) is 17.6 Å². The Morgan fingerprint density at radius 2 is 2.15 bits per heavy atom. The first-order valence-corrected chi connectivity index (χ1v) is 8.76. The van der Waals surface area contributed by atoms with Crippen molar-refractivity contribution in [3.05, 3.63) is 28.5 Å². The molecule has 0 heterocycles. The van der Waals surface area contributed by atoms with Crippen molar-refractivity contribution >= 4 is 39.4 Å². The van der Waals surface area contributed by atoms with Crippen molar-refractivity contribution < 1.29 is 22.7 Å². The second kappa shape index (κ2) is 7.26. The Balaban J connectivity index is 3.09. The number of rotatable bonds is 7. The van der Waals surface area contributed by atoms with Crippen LogP contribution in [0.2, 0.25) is 5.02 Å². The fraction of sp³-hybridized carbons (Fsp3) is 0.364. The maximum absolute atomic E-state index is 13.9. The zero-order chi connectivity index (χ0) is 15.3. The lowest BCUT2D eigenvalue weighted by atomic mass is 10.2. The number of carbonyl (C=O) groups is 1. The Morgan fingerprint density at radius 3 is 2.70 bits per heavy atom. The van der Waals surface area contributed by atoms with Gasteiger partial charge >= 0.3 is 5.97 Å². The molecular formula is C11H13ClFNO4S2. The molecule has 112 valence electrons. The minimum absolute atomic E-state index is 0.136. The molecule has 0 aliphatic rings. The molecule has 2 N–H and O–H groups in total. The molecule has 1 rings (SSSR count). The molecule has 0 spiro atoms. The van der Waals surface area contributed by atoms with Gasteiger partial charge in [-0.05, 0) is 30.6 Å². The van der Waals surface area contributed by atoms with Gasteiger partial charge in [-0.15, -0.1) is 0 Å². The minimum atomic E-state index is -4.13. The number of thioether (sulfide) groups is 1. The van der Waals surface area contributed by atoms with E-state index in [2.05, 4.69) is 4.72 Å². The highest BCUT2D eigenvalue weighted by molar-refractivity contribution is 7.98. The summed E-state index contributed by atoms with van der Waals surface area (Å²) in [5.74, 6) is -2.15. The van der Waals surface area contributed by atoms with Crippen LogP contribution in [0.25, 0.3) is 0 Å². The molecule has 0 aromatic heterocycles. The highest BCUT2D eigenvalue weighted by Crippen LogP contribution is 2.23. The van der Waals surface area contributed by atoms with E-state index in [-0.39, 0.29) is 11.6 Å². The lowest BCUT2D eigenvalue weighted by Gasteiger charge is -2.09. The Hall–Kier alpha value is -0.830. The van der Waals surface area contributed by atoms with Gasteiger partial charge in [-0.1, -0.05) is 11.6 Å². The predicted octanol–water partition coefficient (Wildman–Crippen LogP) is 2.21. The van der Waals surface area contributed by atoms with Gasteiger partial charge in [0.15, 0.2) is 5.82 Å². The Labute approximate surface area is 125 Å². The van der Waals surface area contributed by atoms with Crippen LogP contribution in [0.3, 0.4) is 0 Å². The van der Waals surface area contributed by atoms with Crippen LogP contribution in [-0.4, -0.2) is 38.0 Å². The predicted molar refractivity (Wildman–Crippen MR) is 76.6 cm³/mol. The molecule has 20 heavy (non-hydrogen) atoms. The van der Waals surface area contributed by atoms with Crippen LogP contribution >= 0.6 is 23.4 Å². The first-order chi connectivity index (χ1) is 9.29. The molecule has 0 aliphatic heterocycles.